The maximum atomic E-state index is 11.9. The van der Waals surface area contributed by atoms with Crippen molar-refractivity contribution in [3.05, 3.63) is 0 Å². The highest BCUT2D eigenvalue weighted by molar-refractivity contribution is 5.69. The van der Waals surface area contributed by atoms with E-state index in [9.17, 15) is 4.79 Å². The zero-order valence-electron chi connectivity index (χ0n) is 35.7. The fourth-order valence-electron chi connectivity index (χ4n) is 5.26. The van der Waals surface area contributed by atoms with E-state index in [1.165, 1.54) is 83.5 Å². The van der Waals surface area contributed by atoms with Gasteiger partial charge in [0.05, 0.1) is 132 Å². The van der Waals surface area contributed by atoms with Gasteiger partial charge in [-0.05, 0) is 20.5 Å². The first kappa shape index (κ1) is 54.0. The van der Waals surface area contributed by atoms with Gasteiger partial charge in [0.15, 0.2) is 0 Å². The first-order valence-electron chi connectivity index (χ1n) is 21.7. The molecule has 0 saturated heterocycles. The molecule has 0 unspecified atom stereocenters. The lowest BCUT2D eigenvalue weighted by molar-refractivity contribution is -0.145. The summed E-state index contributed by atoms with van der Waals surface area (Å²) in [7, 11) is 4.04. The summed E-state index contributed by atoms with van der Waals surface area (Å²) in [5.41, 5.74) is 0. The summed E-state index contributed by atoms with van der Waals surface area (Å²) in [6, 6.07) is 0. The summed E-state index contributed by atoms with van der Waals surface area (Å²) in [5.74, 6) is -0.129. The van der Waals surface area contributed by atoms with Crippen LogP contribution in [0.25, 0.3) is 0 Å². The van der Waals surface area contributed by atoms with Crippen LogP contribution in [0, 0.1) is 0 Å². The second-order valence-corrected chi connectivity index (χ2v) is 13.8. The quantitative estimate of drug-likeness (QED) is 0.0492. The van der Waals surface area contributed by atoms with E-state index < -0.39 is 0 Å². The van der Waals surface area contributed by atoms with Crippen LogP contribution in [-0.4, -0.2) is 170 Å². The highest BCUT2D eigenvalue weighted by atomic mass is 16.6. The second-order valence-electron chi connectivity index (χ2n) is 13.8. The molecule has 0 saturated carbocycles. The maximum absolute atomic E-state index is 11.9. The van der Waals surface area contributed by atoms with Crippen molar-refractivity contribution in [3.8, 4) is 0 Å². The summed E-state index contributed by atoms with van der Waals surface area (Å²) >= 11 is 0. The number of rotatable bonds is 49. The highest BCUT2D eigenvalue weighted by Gasteiger charge is 2.03. The highest BCUT2D eigenvalue weighted by Crippen LogP contribution is 2.14. The predicted octanol–water partition coefficient (Wildman–Crippen LogP) is 6.52. The standard InChI is InChI=1S/C42H85NO12/c1-4-5-6-7-8-9-10-11-12-13-14-15-16-17-18-19-42(44)55-41-40-54-39-38-53-37-36-52-35-34-51-33-32-50-31-30-49-29-28-48-27-26-47-25-24-46-23-22-45-21-20-43(2)3/h4-41H2,1-3H3. The Bertz CT molecular complexity index is 722. The van der Waals surface area contributed by atoms with Crippen molar-refractivity contribution in [2.75, 3.05) is 159 Å². The number of ether oxygens (including phenoxy) is 11. The van der Waals surface area contributed by atoms with Gasteiger partial charge in [-0.15, -0.1) is 0 Å². The number of hydrogen-bond donors (Lipinski definition) is 0. The number of likely N-dealkylation sites (N-methyl/N-ethyl adjacent to an activating group) is 1. The minimum Gasteiger partial charge on any atom is -0.463 e. The van der Waals surface area contributed by atoms with Crippen LogP contribution < -0.4 is 0 Å². The van der Waals surface area contributed by atoms with Gasteiger partial charge < -0.3 is 57.0 Å². The van der Waals surface area contributed by atoms with E-state index in [1.54, 1.807) is 0 Å². The normalized spacial score (nSPS) is 11.6. The van der Waals surface area contributed by atoms with Crippen molar-refractivity contribution in [1.82, 2.24) is 4.90 Å². The van der Waals surface area contributed by atoms with Gasteiger partial charge in [0, 0.05) is 13.0 Å². The molecule has 0 bridgehead atoms. The molecular formula is C42H85NO12. The monoisotopic (exact) mass is 796 g/mol. The molecule has 0 spiro atoms. The zero-order valence-corrected chi connectivity index (χ0v) is 35.7. The van der Waals surface area contributed by atoms with Crippen LogP contribution in [0.4, 0.5) is 0 Å². The summed E-state index contributed by atoms with van der Waals surface area (Å²) < 4.78 is 60.1. The molecular weight excluding hydrogens is 710 g/mol. The third kappa shape index (κ3) is 51.0. The lowest BCUT2D eigenvalue weighted by atomic mass is 10.0. The molecule has 0 aliphatic rings. The molecule has 13 nitrogen and oxygen atoms in total. The first-order chi connectivity index (χ1) is 27.2. The van der Waals surface area contributed by atoms with Gasteiger partial charge in [0.1, 0.15) is 6.61 Å². The number of esters is 1. The third-order valence-corrected chi connectivity index (χ3v) is 8.51. The smallest absolute Gasteiger partial charge is 0.305 e. The molecule has 0 heterocycles. The average Bonchev–Trinajstić information content (AvgIpc) is 3.18. The summed E-state index contributed by atoms with van der Waals surface area (Å²) in [5, 5.41) is 0. The van der Waals surface area contributed by atoms with Gasteiger partial charge >= 0.3 is 5.97 Å². The first-order valence-corrected chi connectivity index (χ1v) is 21.7. The van der Waals surface area contributed by atoms with E-state index in [2.05, 4.69) is 11.8 Å². The molecule has 0 aromatic carbocycles. The van der Waals surface area contributed by atoms with Gasteiger partial charge in [-0.1, -0.05) is 96.8 Å². The van der Waals surface area contributed by atoms with Gasteiger partial charge in [-0.25, -0.2) is 0 Å². The van der Waals surface area contributed by atoms with Crippen LogP contribution in [0.15, 0.2) is 0 Å². The van der Waals surface area contributed by atoms with E-state index >= 15 is 0 Å². The molecule has 0 aliphatic heterocycles. The van der Waals surface area contributed by atoms with Gasteiger partial charge in [0.2, 0.25) is 0 Å². The van der Waals surface area contributed by atoms with Gasteiger partial charge in [0.25, 0.3) is 0 Å². The Balaban J connectivity index is 3.13. The van der Waals surface area contributed by atoms with Gasteiger partial charge in [-0.3, -0.25) is 4.79 Å². The van der Waals surface area contributed by atoms with Crippen molar-refractivity contribution in [1.29, 1.82) is 0 Å². The average molecular weight is 796 g/mol. The Morgan fingerprint density at radius 3 is 0.836 bits per heavy atom. The van der Waals surface area contributed by atoms with E-state index in [4.69, 9.17) is 52.1 Å². The van der Waals surface area contributed by atoms with E-state index in [0.717, 1.165) is 19.4 Å². The SMILES string of the molecule is CCCCCCCCCCCCCCCCCC(=O)OCCOCCOCCOCCOCCOCCOCCOCCOCCOCCOCCN(C)C. The lowest BCUT2D eigenvalue weighted by Gasteiger charge is -2.10. The summed E-state index contributed by atoms with van der Waals surface area (Å²) in [6.07, 6.45) is 20.2. The molecule has 13 heteroatoms. The van der Waals surface area contributed by atoms with Crippen LogP contribution >= 0.6 is 0 Å². The predicted molar refractivity (Wildman–Crippen MR) is 217 cm³/mol. The van der Waals surface area contributed by atoms with Crippen LogP contribution in [0.2, 0.25) is 0 Å². The fraction of sp³-hybridized carbons (Fsp3) is 0.976. The minimum absolute atomic E-state index is 0.129. The number of nitrogens with zero attached hydrogens (tertiary/aromatic N) is 1. The zero-order chi connectivity index (χ0) is 39.8. The molecule has 0 aromatic heterocycles. The number of carbonyl (C=O) groups excluding carboxylic acids is 1. The Morgan fingerprint density at radius 1 is 0.327 bits per heavy atom. The molecule has 330 valence electrons. The van der Waals surface area contributed by atoms with E-state index in [0.29, 0.717) is 145 Å². The van der Waals surface area contributed by atoms with Crippen molar-refractivity contribution in [3.63, 3.8) is 0 Å². The third-order valence-electron chi connectivity index (χ3n) is 8.51. The maximum Gasteiger partial charge on any atom is 0.305 e. The molecule has 0 rings (SSSR count). The van der Waals surface area contributed by atoms with Crippen molar-refractivity contribution in [2.45, 2.75) is 110 Å². The Kier molecular flexibility index (Phi) is 48.3. The van der Waals surface area contributed by atoms with Crippen LogP contribution in [0.3, 0.4) is 0 Å². The molecule has 55 heavy (non-hydrogen) atoms. The molecule has 0 atom stereocenters. The Hall–Kier alpha value is -0.970. The molecule has 0 N–H and O–H groups in total. The Morgan fingerprint density at radius 2 is 0.564 bits per heavy atom. The van der Waals surface area contributed by atoms with E-state index in [1.807, 2.05) is 14.1 Å². The lowest BCUT2D eigenvalue weighted by Crippen LogP contribution is -2.19. The molecule has 0 radical (unpaired) electrons. The molecule has 0 amide bonds. The number of carbonyl (C=O) groups is 1. The van der Waals surface area contributed by atoms with Crippen LogP contribution in [-0.2, 0) is 56.9 Å². The topological polar surface area (TPSA) is 122 Å². The Labute approximate surface area is 336 Å². The largest absolute Gasteiger partial charge is 0.463 e. The van der Waals surface area contributed by atoms with Crippen molar-refractivity contribution >= 4 is 5.97 Å². The van der Waals surface area contributed by atoms with Gasteiger partial charge in [-0.2, -0.15) is 0 Å². The van der Waals surface area contributed by atoms with Crippen molar-refractivity contribution < 1.29 is 56.9 Å². The fourth-order valence-corrected chi connectivity index (χ4v) is 5.26. The molecule has 0 fully saturated rings. The molecule has 0 aliphatic carbocycles. The molecule has 0 aromatic rings. The van der Waals surface area contributed by atoms with Crippen LogP contribution in [0.5, 0.6) is 0 Å². The van der Waals surface area contributed by atoms with E-state index in [-0.39, 0.29) is 5.97 Å². The summed E-state index contributed by atoms with van der Waals surface area (Å²) in [6.45, 7) is 13.9. The number of hydrogen-bond acceptors (Lipinski definition) is 13. The minimum atomic E-state index is -0.129. The summed E-state index contributed by atoms with van der Waals surface area (Å²) in [4.78, 5) is 14.0. The van der Waals surface area contributed by atoms with Crippen molar-refractivity contribution in [2.24, 2.45) is 0 Å². The van der Waals surface area contributed by atoms with Crippen LogP contribution in [0.1, 0.15) is 110 Å². The second kappa shape index (κ2) is 49.2. The number of unbranched alkanes of at least 4 members (excludes halogenated alkanes) is 14.